The lowest BCUT2D eigenvalue weighted by atomic mass is 10.2. The molecule has 0 fully saturated rings. The summed E-state index contributed by atoms with van der Waals surface area (Å²) in [5.74, 6) is -0.111. The van der Waals surface area contributed by atoms with Crippen LogP contribution < -0.4 is 4.74 Å². The van der Waals surface area contributed by atoms with Gasteiger partial charge < -0.3 is 14.0 Å². The Labute approximate surface area is 110 Å². The van der Waals surface area contributed by atoms with Crippen LogP contribution in [-0.4, -0.2) is 30.5 Å². The molecule has 0 bridgehead atoms. The van der Waals surface area contributed by atoms with E-state index in [4.69, 9.17) is 4.74 Å². The summed E-state index contributed by atoms with van der Waals surface area (Å²) in [4.78, 5) is 23.2. The Morgan fingerprint density at radius 3 is 2.63 bits per heavy atom. The van der Waals surface area contributed by atoms with Crippen molar-refractivity contribution in [3.05, 3.63) is 30.0 Å². The highest BCUT2D eigenvalue weighted by molar-refractivity contribution is 6.08. The SMILES string of the molecule is COC(=O)CC(=O)c1cc2c(OC)cccc2n1C. The molecule has 0 saturated carbocycles. The topological polar surface area (TPSA) is 57.5 Å². The Morgan fingerprint density at radius 1 is 1.26 bits per heavy atom. The molecule has 2 aromatic rings. The lowest BCUT2D eigenvalue weighted by Gasteiger charge is -2.03. The van der Waals surface area contributed by atoms with Gasteiger partial charge in [-0.25, -0.2) is 0 Å². The molecule has 0 aliphatic heterocycles. The molecule has 0 aliphatic rings. The number of ketones is 1. The van der Waals surface area contributed by atoms with Crippen LogP contribution >= 0.6 is 0 Å². The smallest absolute Gasteiger partial charge is 0.313 e. The molecule has 0 N–H and O–H groups in total. The number of Topliss-reactive ketones (excluding diaryl/α,β-unsaturated/α-hetero) is 1. The quantitative estimate of drug-likeness (QED) is 0.479. The molecule has 2 rings (SSSR count). The Morgan fingerprint density at radius 2 is 2.00 bits per heavy atom. The first-order chi connectivity index (χ1) is 9.08. The molecule has 0 radical (unpaired) electrons. The fourth-order valence-electron chi connectivity index (χ4n) is 2.07. The maximum Gasteiger partial charge on any atom is 0.313 e. The minimum atomic E-state index is -0.540. The molecule has 1 aromatic heterocycles. The van der Waals surface area contributed by atoms with Crippen LogP contribution in [0.3, 0.4) is 0 Å². The van der Waals surface area contributed by atoms with Crippen LogP contribution in [0.15, 0.2) is 24.3 Å². The van der Waals surface area contributed by atoms with Gasteiger partial charge in [0.05, 0.1) is 25.4 Å². The van der Waals surface area contributed by atoms with Crippen molar-refractivity contribution in [3.8, 4) is 5.75 Å². The van der Waals surface area contributed by atoms with Gasteiger partial charge in [-0.2, -0.15) is 0 Å². The second kappa shape index (κ2) is 5.14. The lowest BCUT2D eigenvalue weighted by Crippen LogP contribution is -2.12. The molecule has 0 amide bonds. The number of hydrogen-bond acceptors (Lipinski definition) is 4. The van der Waals surface area contributed by atoms with E-state index >= 15 is 0 Å². The molecule has 5 heteroatoms. The van der Waals surface area contributed by atoms with Crippen LogP contribution in [0.5, 0.6) is 5.75 Å². The van der Waals surface area contributed by atoms with Crippen molar-refractivity contribution in [1.82, 2.24) is 4.57 Å². The summed E-state index contributed by atoms with van der Waals surface area (Å²) in [5, 5.41) is 0.848. The summed E-state index contributed by atoms with van der Waals surface area (Å²) in [6.45, 7) is 0. The van der Waals surface area contributed by atoms with Crippen molar-refractivity contribution in [1.29, 1.82) is 0 Å². The van der Waals surface area contributed by atoms with Gasteiger partial charge in [0.2, 0.25) is 0 Å². The van der Waals surface area contributed by atoms with E-state index in [9.17, 15) is 9.59 Å². The van der Waals surface area contributed by atoms with E-state index in [1.807, 2.05) is 18.2 Å². The van der Waals surface area contributed by atoms with Gasteiger partial charge in [0, 0.05) is 12.4 Å². The molecular weight excluding hydrogens is 246 g/mol. The number of esters is 1. The average Bonchev–Trinajstić information content (AvgIpc) is 2.76. The van der Waals surface area contributed by atoms with E-state index in [-0.39, 0.29) is 12.2 Å². The van der Waals surface area contributed by atoms with Crippen LogP contribution in [0, 0.1) is 0 Å². The van der Waals surface area contributed by atoms with Gasteiger partial charge in [-0.1, -0.05) is 6.07 Å². The van der Waals surface area contributed by atoms with Crippen molar-refractivity contribution < 1.29 is 19.1 Å². The summed E-state index contributed by atoms with van der Waals surface area (Å²) in [6, 6.07) is 7.32. The maximum absolute atomic E-state index is 12.0. The number of hydrogen-bond donors (Lipinski definition) is 0. The minimum absolute atomic E-state index is 0.261. The van der Waals surface area contributed by atoms with E-state index in [2.05, 4.69) is 4.74 Å². The number of aromatic nitrogens is 1. The number of fused-ring (bicyclic) bond motifs is 1. The number of methoxy groups -OCH3 is 2. The standard InChI is InChI=1S/C14H15NO4/c1-15-10-5-4-6-13(18-2)9(10)7-11(15)12(16)8-14(17)19-3/h4-7H,8H2,1-3H3. The van der Waals surface area contributed by atoms with Gasteiger partial charge in [0.15, 0.2) is 5.78 Å². The number of carbonyl (C=O) groups is 2. The molecule has 0 unspecified atom stereocenters. The predicted octanol–water partition coefficient (Wildman–Crippen LogP) is 1.93. The lowest BCUT2D eigenvalue weighted by molar-refractivity contribution is -0.139. The zero-order valence-electron chi connectivity index (χ0n) is 11.1. The number of carbonyl (C=O) groups excluding carboxylic acids is 2. The van der Waals surface area contributed by atoms with Gasteiger partial charge in [0.1, 0.15) is 12.2 Å². The van der Waals surface area contributed by atoms with Crippen molar-refractivity contribution in [3.63, 3.8) is 0 Å². The first kappa shape index (κ1) is 13.1. The van der Waals surface area contributed by atoms with E-state index in [0.717, 1.165) is 10.9 Å². The Kier molecular flexibility index (Phi) is 3.55. The summed E-state index contributed by atoms with van der Waals surface area (Å²) < 4.78 is 11.5. The normalized spacial score (nSPS) is 10.5. The molecule has 1 aromatic carbocycles. The second-order valence-electron chi connectivity index (χ2n) is 4.16. The summed E-state index contributed by atoms with van der Waals surface area (Å²) in [7, 11) is 4.63. The van der Waals surface area contributed by atoms with Gasteiger partial charge in [-0.3, -0.25) is 9.59 Å². The van der Waals surface area contributed by atoms with Gasteiger partial charge in [0.25, 0.3) is 0 Å². The number of aryl methyl sites for hydroxylation is 1. The number of ether oxygens (including phenoxy) is 2. The zero-order valence-corrected chi connectivity index (χ0v) is 11.1. The first-order valence-corrected chi connectivity index (χ1v) is 5.81. The van der Waals surface area contributed by atoms with Crippen molar-refractivity contribution in [2.75, 3.05) is 14.2 Å². The third kappa shape index (κ3) is 2.31. The molecular formula is C14H15NO4. The van der Waals surface area contributed by atoms with Gasteiger partial charge in [-0.15, -0.1) is 0 Å². The van der Waals surface area contributed by atoms with Crippen LogP contribution in [0.4, 0.5) is 0 Å². The number of nitrogens with zero attached hydrogens (tertiary/aromatic N) is 1. The van der Waals surface area contributed by atoms with Gasteiger partial charge in [-0.05, 0) is 18.2 Å². The highest BCUT2D eigenvalue weighted by Crippen LogP contribution is 2.28. The zero-order chi connectivity index (χ0) is 14.0. The molecule has 19 heavy (non-hydrogen) atoms. The first-order valence-electron chi connectivity index (χ1n) is 5.81. The molecule has 5 nitrogen and oxygen atoms in total. The fraction of sp³-hybridized carbons (Fsp3) is 0.286. The highest BCUT2D eigenvalue weighted by Gasteiger charge is 2.18. The van der Waals surface area contributed by atoms with Crippen LogP contribution in [0.25, 0.3) is 10.9 Å². The Bertz CT molecular complexity index is 642. The van der Waals surface area contributed by atoms with E-state index < -0.39 is 5.97 Å². The fourth-order valence-corrected chi connectivity index (χ4v) is 2.07. The molecule has 0 spiro atoms. The molecule has 100 valence electrons. The largest absolute Gasteiger partial charge is 0.496 e. The van der Waals surface area contributed by atoms with Crippen LogP contribution in [0.1, 0.15) is 16.9 Å². The van der Waals surface area contributed by atoms with Crippen molar-refractivity contribution in [2.24, 2.45) is 7.05 Å². The van der Waals surface area contributed by atoms with E-state index in [1.54, 1.807) is 24.8 Å². The average molecular weight is 261 g/mol. The second-order valence-corrected chi connectivity index (χ2v) is 4.16. The summed E-state index contributed by atoms with van der Waals surface area (Å²) >= 11 is 0. The Balaban J connectivity index is 2.47. The van der Waals surface area contributed by atoms with Crippen molar-refractivity contribution >= 4 is 22.7 Å². The summed E-state index contributed by atoms with van der Waals surface area (Å²) in [5.41, 5.74) is 1.34. The predicted molar refractivity (Wildman–Crippen MR) is 70.4 cm³/mol. The van der Waals surface area contributed by atoms with Crippen LogP contribution in [0.2, 0.25) is 0 Å². The van der Waals surface area contributed by atoms with E-state index in [1.165, 1.54) is 7.11 Å². The molecule has 0 atom stereocenters. The van der Waals surface area contributed by atoms with Crippen LogP contribution in [-0.2, 0) is 16.6 Å². The third-order valence-electron chi connectivity index (χ3n) is 3.09. The third-order valence-corrected chi connectivity index (χ3v) is 3.09. The molecule has 1 heterocycles. The Hall–Kier alpha value is -2.30. The van der Waals surface area contributed by atoms with Gasteiger partial charge >= 0.3 is 5.97 Å². The maximum atomic E-state index is 12.0. The monoisotopic (exact) mass is 261 g/mol. The highest BCUT2D eigenvalue weighted by atomic mass is 16.5. The van der Waals surface area contributed by atoms with E-state index in [0.29, 0.717) is 11.4 Å². The summed E-state index contributed by atoms with van der Waals surface area (Å²) in [6.07, 6.45) is -0.261. The van der Waals surface area contributed by atoms with Crippen molar-refractivity contribution in [2.45, 2.75) is 6.42 Å². The number of benzene rings is 1. The number of rotatable bonds is 4. The molecule has 0 aliphatic carbocycles. The molecule has 0 saturated heterocycles. The minimum Gasteiger partial charge on any atom is -0.496 e.